The van der Waals surface area contributed by atoms with Crippen molar-refractivity contribution in [2.75, 3.05) is 19.7 Å². The van der Waals surface area contributed by atoms with Gasteiger partial charge in [-0.2, -0.15) is 0 Å². The van der Waals surface area contributed by atoms with E-state index in [2.05, 4.69) is 4.90 Å². The van der Waals surface area contributed by atoms with Gasteiger partial charge in [0, 0.05) is 12.1 Å². The summed E-state index contributed by atoms with van der Waals surface area (Å²) in [5.74, 6) is 0.574. The summed E-state index contributed by atoms with van der Waals surface area (Å²) in [4.78, 5) is 13.8. The number of ether oxygens (including phenoxy) is 1. The van der Waals surface area contributed by atoms with E-state index >= 15 is 0 Å². The van der Waals surface area contributed by atoms with Crippen LogP contribution in [0.25, 0.3) is 0 Å². The van der Waals surface area contributed by atoms with Crippen molar-refractivity contribution in [3.05, 3.63) is 29.8 Å². The Kier molecular flexibility index (Phi) is 5.52. The SMILES string of the molecule is NC(=O)C1CCCN1CCCOc1ccc(C(N)=S)cc1. The maximum atomic E-state index is 11.3. The number of benzene rings is 1. The first-order valence-corrected chi connectivity index (χ1v) is 7.55. The molecule has 2 rings (SSSR count). The molecule has 1 aromatic carbocycles. The summed E-state index contributed by atoms with van der Waals surface area (Å²) < 4.78 is 5.67. The van der Waals surface area contributed by atoms with Crippen LogP contribution in [0.2, 0.25) is 0 Å². The number of carbonyl (C=O) groups excluding carboxylic acids is 1. The second-order valence-electron chi connectivity index (χ2n) is 5.19. The first-order chi connectivity index (χ1) is 10.1. The highest BCUT2D eigenvalue weighted by Crippen LogP contribution is 2.17. The molecule has 0 spiro atoms. The zero-order valence-corrected chi connectivity index (χ0v) is 12.8. The van der Waals surface area contributed by atoms with Crippen LogP contribution in [0.3, 0.4) is 0 Å². The number of rotatable bonds is 7. The van der Waals surface area contributed by atoms with Gasteiger partial charge in [-0.1, -0.05) is 12.2 Å². The van der Waals surface area contributed by atoms with Crippen molar-refractivity contribution in [2.45, 2.75) is 25.3 Å². The minimum atomic E-state index is -0.221. The Bertz CT molecular complexity index is 504. The van der Waals surface area contributed by atoms with Gasteiger partial charge < -0.3 is 16.2 Å². The molecular formula is C15H21N3O2S. The van der Waals surface area contributed by atoms with Gasteiger partial charge in [0.1, 0.15) is 10.7 Å². The standard InChI is InChI=1S/C15H21N3O2S/c16-14(19)13-3-1-8-18(13)9-2-10-20-12-6-4-11(5-7-12)15(17)21/h4-7,13H,1-3,8-10H2,(H2,16,19)(H2,17,21). The van der Waals surface area contributed by atoms with Crippen LogP contribution in [0.5, 0.6) is 5.75 Å². The number of likely N-dealkylation sites (tertiary alicyclic amines) is 1. The topological polar surface area (TPSA) is 81.6 Å². The third-order valence-electron chi connectivity index (χ3n) is 3.69. The maximum Gasteiger partial charge on any atom is 0.234 e. The lowest BCUT2D eigenvalue weighted by Gasteiger charge is -2.21. The number of carbonyl (C=O) groups is 1. The van der Waals surface area contributed by atoms with E-state index in [1.807, 2.05) is 24.3 Å². The lowest BCUT2D eigenvalue weighted by Crippen LogP contribution is -2.40. The molecule has 1 atom stereocenters. The molecule has 1 aliphatic rings. The summed E-state index contributed by atoms with van der Waals surface area (Å²) in [6.07, 6.45) is 2.77. The van der Waals surface area contributed by atoms with Gasteiger partial charge in [0.05, 0.1) is 12.6 Å². The Hall–Kier alpha value is -1.66. The molecule has 0 aliphatic carbocycles. The normalized spacial score (nSPS) is 18.6. The molecule has 0 bridgehead atoms. The molecule has 21 heavy (non-hydrogen) atoms. The van der Waals surface area contributed by atoms with E-state index < -0.39 is 0 Å². The molecule has 1 aromatic rings. The molecule has 0 saturated carbocycles. The van der Waals surface area contributed by atoms with Crippen LogP contribution in [0.1, 0.15) is 24.8 Å². The summed E-state index contributed by atoms with van der Waals surface area (Å²) in [6, 6.07) is 7.31. The highest BCUT2D eigenvalue weighted by molar-refractivity contribution is 7.80. The maximum absolute atomic E-state index is 11.3. The van der Waals surface area contributed by atoms with Crippen LogP contribution in [0, 0.1) is 0 Å². The average Bonchev–Trinajstić information content (AvgIpc) is 2.92. The fraction of sp³-hybridized carbons (Fsp3) is 0.467. The number of nitrogens with two attached hydrogens (primary N) is 2. The number of hydrogen-bond acceptors (Lipinski definition) is 4. The smallest absolute Gasteiger partial charge is 0.234 e. The van der Waals surface area contributed by atoms with Crippen LogP contribution in [-0.4, -0.2) is 41.5 Å². The zero-order valence-electron chi connectivity index (χ0n) is 12.0. The van der Waals surface area contributed by atoms with Crippen molar-refractivity contribution in [3.63, 3.8) is 0 Å². The van der Waals surface area contributed by atoms with Gasteiger partial charge in [-0.25, -0.2) is 0 Å². The van der Waals surface area contributed by atoms with E-state index in [0.717, 1.165) is 43.7 Å². The second kappa shape index (κ2) is 7.38. The molecule has 6 heteroatoms. The summed E-state index contributed by atoms with van der Waals surface area (Å²) >= 11 is 4.90. The van der Waals surface area contributed by atoms with Crippen LogP contribution < -0.4 is 16.2 Å². The lowest BCUT2D eigenvalue weighted by atomic mass is 10.2. The van der Waals surface area contributed by atoms with Gasteiger partial charge in [0.15, 0.2) is 0 Å². The monoisotopic (exact) mass is 307 g/mol. The van der Waals surface area contributed by atoms with Crippen LogP contribution in [0.4, 0.5) is 0 Å². The van der Waals surface area contributed by atoms with Crippen LogP contribution >= 0.6 is 12.2 Å². The number of amides is 1. The summed E-state index contributed by atoms with van der Waals surface area (Å²) in [7, 11) is 0. The van der Waals surface area contributed by atoms with Crippen molar-refractivity contribution >= 4 is 23.1 Å². The van der Waals surface area contributed by atoms with Gasteiger partial charge >= 0.3 is 0 Å². The van der Waals surface area contributed by atoms with Gasteiger partial charge in [-0.3, -0.25) is 9.69 Å². The predicted octanol–water partition coefficient (Wildman–Crippen LogP) is 1.04. The fourth-order valence-electron chi connectivity index (χ4n) is 2.59. The Labute approximate surface area is 130 Å². The van der Waals surface area contributed by atoms with E-state index in [4.69, 9.17) is 28.4 Å². The summed E-state index contributed by atoms with van der Waals surface area (Å²) in [6.45, 7) is 2.38. The molecule has 1 amide bonds. The molecule has 1 saturated heterocycles. The average molecular weight is 307 g/mol. The van der Waals surface area contributed by atoms with Crippen LogP contribution in [-0.2, 0) is 4.79 Å². The first kappa shape index (κ1) is 15.7. The highest BCUT2D eigenvalue weighted by Gasteiger charge is 2.28. The Morgan fingerprint density at radius 1 is 1.33 bits per heavy atom. The molecule has 114 valence electrons. The van der Waals surface area contributed by atoms with Crippen molar-refractivity contribution in [2.24, 2.45) is 11.5 Å². The van der Waals surface area contributed by atoms with E-state index in [1.165, 1.54) is 0 Å². The predicted molar refractivity (Wildman–Crippen MR) is 86.2 cm³/mol. The van der Waals surface area contributed by atoms with E-state index in [-0.39, 0.29) is 11.9 Å². The quantitative estimate of drug-likeness (QED) is 0.581. The lowest BCUT2D eigenvalue weighted by molar-refractivity contribution is -0.122. The Balaban J connectivity index is 1.72. The third-order valence-corrected chi connectivity index (χ3v) is 3.93. The second-order valence-corrected chi connectivity index (χ2v) is 5.63. The number of nitrogens with zero attached hydrogens (tertiary/aromatic N) is 1. The van der Waals surface area contributed by atoms with E-state index in [0.29, 0.717) is 11.6 Å². The van der Waals surface area contributed by atoms with Crippen molar-refractivity contribution in [3.8, 4) is 5.75 Å². The molecule has 4 N–H and O–H groups in total. The minimum Gasteiger partial charge on any atom is -0.494 e. The van der Waals surface area contributed by atoms with Gasteiger partial charge in [-0.15, -0.1) is 0 Å². The largest absolute Gasteiger partial charge is 0.494 e. The first-order valence-electron chi connectivity index (χ1n) is 7.14. The molecule has 0 radical (unpaired) electrons. The van der Waals surface area contributed by atoms with E-state index in [9.17, 15) is 4.79 Å². The molecular weight excluding hydrogens is 286 g/mol. The molecule has 1 heterocycles. The fourth-order valence-corrected chi connectivity index (χ4v) is 2.73. The van der Waals surface area contributed by atoms with Gasteiger partial charge in [0.25, 0.3) is 0 Å². The molecule has 5 nitrogen and oxygen atoms in total. The van der Waals surface area contributed by atoms with Crippen molar-refractivity contribution in [1.82, 2.24) is 4.90 Å². The summed E-state index contributed by atoms with van der Waals surface area (Å²) in [5.41, 5.74) is 11.8. The number of thiocarbonyl (C=S) groups is 1. The highest BCUT2D eigenvalue weighted by atomic mass is 32.1. The van der Waals surface area contributed by atoms with Crippen molar-refractivity contribution < 1.29 is 9.53 Å². The summed E-state index contributed by atoms with van der Waals surface area (Å²) in [5, 5.41) is 0. The number of hydrogen-bond donors (Lipinski definition) is 2. The molecule has 1 fully saturated rings. The Morgan fingerprint density at radius 3 is 2.67 bits per heavy atom. The van der Waals surface area contributed by atoms with E-state index in [1.54, 1.807) is 0 Å². The van der Waals surface area contributed by atoms with Crippen LogP contribution in [0.15, 0.2) is 24.3 Å². The molecule has 1 unspecified atom stereocenters. The van der Waals surface area contributed by atoms with Crippen molar-refractivity contribution in [1.29, 1.82) is 0 Å². The number of primary amides is 1. The molecule has 0 aromatic heterocycles. The molecule has 1 aliphatic heterocycles. The Morgan fingerprint density at radius 2 is 2.05 bits per heavy atom. The third kappa shape index (κ3) is 4.41. The van der Waals surface area contributed by atoms with Gasteiger partial charge in [0.2, 0.25) is 5.91 Å². The van der Waals surface area contributed by atoms with Gasteiger partial charge in [-0.05, 0) is 50.1 Å². The minimum absolute atomic E-state index is 0.102. The zero-order chi connectivity index (χ0) is 15.2.